The van der Waals surface area contributed by atoms with Gasteiger partial charge in [-0.3, -0.25) is 0 Å². The first-order valence-electron chi connectivity index (χ1n) is 7.83. The van der Waals surface area contributed by atoms with Gasteiger partial charge in [-0.05, 0) is 36.8 Å². The third-order valence-corrected chi connectivity index (χ3v) is 3.88. The quantitative estimate of drug-likeness (QED) is 0.518. The van der Waals surface area contributed by atoms with Gasteiger partial charge in [0.05, 0.1) is 6.54 Å². The van der Waals surface area contributed by atoms with E-state index in [1.54, 1.807) is 0 Å². The van der Waals surface area contributed by atoms with Crippen LogP contribution in [0.1, 0.15) is 11.1 Å². The van der Waals surface area contributed by atoms with Gasteiger partial charge in [-0.2, -0.15) is 0 Å². The highest BCUT2D eigenvalue weighted by Crippen LogP contribution is 2.18. The average Bonchev–Trinajstić information content (AvgIpc) is 3.10. The Morgan fingerprint density at radius 3 is 2.35 bits per heavy atom. The van der Waals surface area contributed by atoms with Gasteiger partial charge in [-0.25, -0.2) is 4.99 Å². The Morgan fingerprint density at radius 1 is 1.04 bits per heavy atom. The summed E-state index contributed by atoms with van der Waals surface area (Å²) in [6.07, 6.45) is 4.38. The highest BCUT2D eigenvalue weighted by atomic mass is 15.1. The lowest BCUT2D eigenvalue weighted by Crippen LogP contribution is -2.22. The molecule has 0 unspecified atom stereocenters. The molecule has 4 nitrogen and oxygen atoms in total. The lowest BCUT2D eigenvalue weighted by molar-refractivity contribution is 1.000. The zero-order chi connectivity index (χ0) is 16.1. The molecule has 4 heteroatoms. The van der Waals surface area contributed by atoms with Crippen molar-refractivity contribution in [1.82, 2.24) is 0 Å². The Kier molecular flexibility index (Phi) is 4.62. The third-order valence-electron chi connectivity index (χ3n) is 3.88. The van der Waals surface area contributed by atoms with Crippen LogP contribution in [-0.2, 0) is 6.54 Å². The van der Waals surface area contributed by atoms with E-state index in [0.717, 1.165) is 24.3 Å². The average molecular weight is 306 g/mol. The topological polar surface area (TPSA) is 53.6 Å². The number of aliphatic imine (C=N–C) groups is 1. The molecule has 0 atom stereocenters. The normalized spacial score (nSPS) is 14.3. The second-order valence-corrected chi connectivity index (χ2v) is 5.74. The number of rotatable bonds is 4. The van der Waals surface area contributed by atoms with E-state index in [4.69, 9.17) is 5.73 Å². The molecule has 0 spiro atoms. The fourth-order valence-electron chi connectivity index (χ4n) is 2.50. The minimum Gasteiger partial charge on any atom is -0.370 e. The molecular formula is C19H22N4. The van der Waals surface area contributed by atoms with Crippen molar-refractivity contribution in [1.29, 1.82) is 0 Å². The highest BCUT2D eigenvalue weighted by molar-refractivity contribution is 5.92. The molecule has 0 saturated heterocycles. The van der Waals surface area contributed by atoms with Crippen molar-refractivity contribution >= 4 is 17.3 Å². The van der Waals surface area contributed by atoms with Crippen LogP contribution in [0.3, 0.4) is 0 Å². The van der Waals surface area contributed by atoms with Crippen molar-refractivity contribution in [2.75, 3.05) is 23.3 Å². The van der Waals surface area contributed by atoms with Crippen LogP contribution in [0.25, 0.3) is 0 Å². The number of nitrogens with two attached hydrogens (primary N) is 1. The van der Waals surface area contributed by atoms with Gasteiger partial charge >= 0.3 is 0 Å². The Hall–Kier alpha value is -2.75. The van der Waals surface area contributed by atoms with Crippen molar-refractivity contribution in [3.8, 4) is 0 Å². The van der Waals surface area contributed by atoms with Crippen LogP contribution in [-0.4, -0.2) is 19.0 Å². The van der Waals surface area contributed by atoms with Crippen LogP contribution in [0.5, 0.6) is 0 Å². The van der Waals surface area contributed by atoms with Gasteiger partial charge in [0.1, 0.15) is 0 Å². The fraction of sp³-hybridized carbons (Fsp3) is 0.211. The molecule has 1 aliphatic heterocycles. The summed E-state index contributed by atoms with van der Waals surface area (Å²) in [5.74, 6) is 0.432. The maximum atomic E-state index is 5.94. The van der Waals surface area contributed by atoms with E-state index in [2.05, 4.69) is 58.6 Å². The van der Waals surface area contributed by atoms with E-state index in [-0.39, 0.29) is 0 Å². The highest BCUT2D eigenvalue weighted by Gasteiger charge is 2.06. The van der Waals surface area contributed by atoms with Crippen LogP contribution < -0.4 is 16.0 Å². The molecule has 0 radical (unpaired) electrons. The van der Waals surface area contributed by atoms with Crippen molar-refractivity contribution < 1.29 is 0 Å². The zero-order valence-electron chi connectivity index (χ0n) is 13.4. The molecule has 1 heterocycles. The summed E-state index contributed by atoms with van der Waals surface area (Å²) in [5, 5.41) is 3.11. The molecule has 3 rings (SSSR count). The molecule has 1 aliphatic rings. The second kappa shape index (κ2) is 7.01. The summed E-state index contributed by atoms with van der Waals surface area (Å²) in [6, 6.07) is 16.6. The SMILES string of the molecule is Cc1ccc(NC(N)=NCc2ccc(N3CC=CC3)cc2)cc1. The number of aryl methyl sites for hydroxylation is 1. The molecule has 0 bridgehead atoms. The standard InChI is InChI=1S/C19H22N4/c1-15-4-8-17(9-5-15)22-19(20)21-14-16-6-10-18(11-7-16)23-12-2-3-13-23/h2-11H,12-14H2,1H3,(H3,20,21,22). The van der Waals surface area contributed by atoms with Crippen LogP contribution in [0.4, 0.5) is 11.4 Å². The van der Waals surface area contributed by atoms with Crippen molar-refractivity contribution in [2.24, 2.45) is 10.7 Å². The Balaban J connectivity index is 1.57. The molecule has 118 valence electrons. The number of hydrogen-bond acceptors (Lipinski definition) is 2. The number of benzene rings is 2. The van der Waals surface area contributed by atoms with Gasteiger partial charge in [0.15, 0.2) is 5.96 Å². The Bertz CT molecular complexity index is 691. The maximum Gasteiger partial charge on any atom is 0.193 e. The molecular weight excluding hydrogens is 284 g/mol. The Morgan fingerprint density at radius 2 is 1.70 bits per heavy atom. The molecule has 0 aliphatic carbocycles. The number of nitrogens with zero attached hydrogens (tertiary/aromatic N) is 2. The van der Waals surface area contributed by atoms with Gasteiger partial charge < -0.3 is 16.0 Å². The van der Waals surface area contributed by atoms with E-state index < -0.39 is 0 Å². The van der Waals surface area contributed by atoms with Gasteiger partial charge in [0.25, 0.3) is 0 Å². The minimum atomic E-state index is 0.432. The lowest BCUT2D eigenvalue weighted by Gasteiger charge is -2.17. The first-order valence-corrected chi connectivity index (χ1v) is 7.83. The summed E-state index contributed by atoms with van der Waals surface area (Å²) in [5.41, 5.74) is 10.5. The molecule has 0 amide bonds. The summed E-state index contributed by atoms with van der Waals surface area (Å²) >= 11 is 0. The molecule has 23 heavy (non-hydrogen) atoms. The summed E-state index contributed by atoms with van der Waals surface area (Å²) < 4.78 is 0. The summed E-state index contributed by atoms with van der Waals surface area (Å²) in [6.45, 7) is 4.61. The smallest absolute Gasteiger partial charge is 0.193 e. The van der Waals surface area contributed by atoms with Gasteiger partial charge in [0, 0.05) is 24.5 Å². The minimum absolute atomic E-state index is 0.432. The van der Waals surface area contributed by atoms with E-state index in [1.807, 2.05) is 24.3 Å². The van der Waals surface area contributed by atoms with Crippen molar-refractivity contribution in [3.63, 3.8) is 0 Å². The third kappa shape index (κ3) is 4.13. The number of guanidine groups is 1. The van der Waals surface area contributed by atoms with Crippen LogP contribution in [0, 0.1) is 6.92 Å². The lowest BCUT2D eigenvalue weighted by atomic mass is 10.2. The summed E-state index contributed by atoms with van der Waals surface area (Å²) in [4.78, 5) is 6.72. The van der Waals surface area contributed by atoms with E-state index in [9.17, 15) is 0 Å². The predicted octanol–water partition coefficient (Wildman–Crippen LogP) is 3.30. The molecule has 3 N–H and O–H groups in total. The van der Waals surface area contributed by atoms with Crippen LogP contribution in [0.15, 0.2) is 65.7 Å². The van der Waals surface area contributed by atoms with Gasteiger partial charge in [-0.15, -0.1) is 0 Å². The Labute approximate surface area is 137 Å². The van der Waals surface area contributed by atoms with Crippen molar-refractivity contribution in [3.05, 3.63) is 71.8 Å². The predicted molar refractivity (Wildman–Crippen MR) is 97.9 cm³/mol. The van der Waals surface area contributed by atoms with Crippen LogP contribution >= 0.6 is 0 Å². The summed E-state index contributed by atoms with van der Waals surface area (Å²) in [7, 11) is 0. The fourth-order valence-corrected chi connectivity index (χ4v) is 2.50. The maximum absolute atomic E-state index is 5.94. The van der Waals surface area contributed by atoms with Crippen LogP contribution in [0.2, 0.25) is 0 Å². The largest absolute Gasteiger partial charge is 0.370 e. The number of hydrogen-bond donors (Lipinski definition) is 2. The van der Waals surface area contributed by atoms with Gasteiger partial charge in [-0.1, -0.05) is 42.0 Å². The molecule has 0 saturated carbocycles. The zero-order valence-corrected chi connectivity index (χ0v) is 13.4. The van der Waals surface area contributed by atoms with E-state index in [0.29, 0.717) is 12.5 Å². The van der Waals surface area contributed by atoms with E-state index >= 15 is 0 Å². The molecule has 0 aromatic heterocycles. The number of anilines is 2. The first kappa shape index (κ1) is 15.2. The monoisotopic (exact) mass is 306 g/mol. The first-order chi connectivity index (χ1) is 11.2. The molecule has 2 aromatic carbocycles. The second-order valence-electron chi connectivity index (χ2n) is 5.74. The molecule has 0 fully saturated rings. The molecule has 2 aromatic rings. The van der Waals surface area contributed by atoms with E-state index in [1.165, 1.54) is 11.3 Å². The van der Waals surface area contributed by atoms with Gasteiger partial charge in [0.2, 0.25) is 0 Å². The van der Waals surface area contributed by atoms with Crippen molar-refractivity contribution in [2.45, 2.75) is 13.5 Å². The number of nitrogens with one attached hydrogen (secondary N) is 1.